The fourth-order valence-corrected chi connectivity index (χ4v) is 1.19. The second-order valence-electron chi connectivity index (χ2n) is 3.55. The first-order chi connectivity index (χ1) is 6.13. The maximum Gasteiger partial charge on any atom is 0.131 e. The minimum atomic E-state index is 0.386. The van der Waals surface area contributed by atoms with Gasteiger partial charge in [-0.25, -0.2) is 9.97 Å². The van der Waals surface area contributed by atoms with Gasteiger partial charge in [0, 0.05) is 23.7 Å². The number of nitrogens with zero attached hydrogens (tertiary/aromatic N) is 2. The van der Waals surface area contributed by atoms with E-state index in [-0.39, 0.29) is 0 Å². The van der Waals surface area contributed by atoms with Crippen molar-refractivity contribution in [1.82, 2.24) is 9.97 Å². The molecular formula is C10H17N3. The average Bonchev–Trinajstić information content (AvgIpc) is 2.03. The van der Waals surface area contributed by atoms with Gasteiger partial charge in [-0.3, -0.25) is 0 Å². The van der Waals surface area contributed by atoms with Crippen molar-refractivity contribution in [1.29, 1.82) is 0 Å². The van der Waals surface area contributed by atoms with Crippen LogP contribution in [0.4, 0.5) is 0 Å². The van der Waals surface area contributed by atoms with Gasteiger partial charge >= 0.3 is 0 Å². The van der Waals surface area contributed by atoms with Gasteiger partial charge in [-0.15, -0.1) is 0 Å². The molecule has 0 atom stereocenters. The molecule has 3 heteroatoms. The topological polar surface area (TPSA) is 51.8 Å². The van der Waals surface area contributed by atoms with Gasteiger partial charge in [-0.1, -0.05) is 13.8 Å². The lowest BCUT2D eigenvalue weighted by atomic mass is 10.2. The lowest BCUT2D eigenvalue weighted by Crippen LogP contribution is -2.08. The highest BCUT2D eigenvalue weighted by atomic mass is 14.9. The molecule has 1 aromatic rings. The van der Waals surface area contributed by atoms with Gasteiger partial charge in [-0.05, 0) is 19.5 Å². The third kappa shape index (κ3) is 2.77. The van der Waals surface area contributed by atoms with Crippen molar-refractivity contribution in [2.24, 2.45) is 5.73 Å². The summed E-state index contributed by atoms with van der Waals surface area (Å²) in [4.78, 5) is 8.80. The number of rotatable bonds is 3. The van der Waals surface area contributed by atoms with E-state index in [2.05, 4.69) is 23.8 Å². The van der Waals surface area contributed by atoms with Crippen LogP contribution in [0.2, 0.25) is 0 Å². The molecule has 0 fully saturated rings. The van der Waals surface area contributed by atoms with Gasteiger partial charge < -0.3 is 5.73 Å². The minimum Gasteiger partial charge on any atom is -0.330 e. The summed E-state index contributed by atoms with van der Waals surface area (Å²) in [7, 11) is 0. The summed E-state index contributed by atoms with van der Waals surface area (Å²) in [5.41, 5.74) is 7.56. The van der Waals surface area contributed by atoms with Crippen LogP contribution in [0.5, 0.6) is 0 Å². The van der Waals surface area contributed by atoms with Gasteiger partial charge in [0.15, 0.2) is 0 Å². The molecule has 1 aromatic heterocycles. The third-order valence-electron chi connectivity index (χ3n) is 1.84. The summed E-state index contributed by atoms with van der Waals surface area (Å²) in [5.74, 6) is 1.31. The standard InChI is InChI=1S/C10H17N3/c1-7(2)10-12-8(3)6-9(13-10)4-5-11/h6-7H,4-5,11H2,1-3H3. The Morgan fingerprint density at radius 2 is 2.08 bits per heavy atom. The number of hydrogen-bond acceptors (Lipinski definition) is 3. The van der Waals surface area contributed by atoms with Crippen molar-refractivity contribution >= 4 is 0 Å². The zero-order valence-corrected chi connectivity index (χ0v) is 8.54. The van der Waals surface area contributed by atoms with Crippen LogP contribution in [-0.2, 0) is 6.42 Å². The lowest BCUT2D eigenvalue weighted by molar-refractivity contribution is 0.745. The van der Waals surface area contributed by atoms with Crippen LogP contribution in [0.15, 0.2) is 6.07 Å². The SMILES string of the molecule is Cc1cc(CCN)nc(C(C)C)n1. The maximum atomic E-state index is 5.48. The van der Waals surface area contributed by atoms with Crippen LogP contribution in [0.3, 0.4) is 0 Å². The summed E-state index contributed by atoms with van der Waals surface area (Å²) < 4.78 is 0. The molecule has 0 amide bonds. The number of nitrogens with two attached hydrogens (primary N) is 1. The van der Waals surface area contributed by atoms with Crippen molar-refractivity contribution in [3.8, 4) is 0 Å². The van der Waals surface area contributed by atoms with Crippen LogP contribution in [0.25, 0.3) is 0 Å². The number of aryl methyl sites for hydroxylation is 1. The van der Waals surface area contributed by atoms with E-state index in [0.29, 0.717) is 12.5 Å². The molecule has 0 aromatic carbocycles. The molecule has 2 N–H and O–H groups in total. The second-order valence-corrected chi connectivity index (χ2v) is 3.55. The van der Waals surface area contributed by atoms with E-state index in [1.54, 1.807) is 0 Å². The Bertz CT molecular complexity index is 281. The summed E-state index contributed by atoms with van der Waals surface area (Å²) in [6, 6.07) is 2.00. The van der Waals surface area contributed by atoms with Crippen molar-refractivity contribution in [2.45, 2.75) is 33.1 Å². The van der Waals surface area contributed by atoms with Crippen molar-refractivity contribution in [3.05, 3.63) is 23.3 Å². The smallest absolute Gasteiger partial charge is 0.131 e. The molecule has 0 saturated carbocycles. The van der Waals surface area contributed by atoms with E-state index >= 15 is 0 Å². The zero-order valence-electron chi connectivity index (χ0n) is 8.54. The molecule has 13 heavy (non-hydrogen) atoms. The number of hydrogen-bond donors (Lipinski definition) is 1. The predicted octanol–water partition coefficient (Wildman–Crippen LogP) is 1.41. The normalized spacial score (nSPS) is 10.8. The highest BCUT2D eigenvalue weighted by molar-refractivity contribution is 5.11. The molecule has 0 aliphatic heterocycles. The van der Waals surface area contributed by atoms with Crippen LogP contribution in [0, 0.1) is 6.92 Å². The molecule has 0 saturated heterocycles. The summed E-state index contributed by atoms with van der Waals surface area (Å²) in [6.45, 7) is 6.84. The largest absolute Gasteiger partial charge is 0.330 e. The van der Waals surface area contributed by atoms with Gasteiger partial charge in [0.2, 0.25) is 0 Å². The Morgan fingerprint density at radius 3 is 2.62 bits per heavy atom. The quantitative estimate of drug-likeness (QED) is 0.763. The second kappa shape index (κ2) is 4.33. The maximum absolute atomic E-state index is 5.48. The van der Waals surface area contributed by atoms with Crippen molar-refractivity contribution < 1.29 is 0 Å². The zero-order chi connectivity index (χ0) is 9.84. The van der Waals surface area contributed by atoms with Crippen LogP contribution < -0.4 is 5.73 Å². The van der Waals surface area contributed by atoms with Crippen molar-refractivity contribution in [2.75, 3.05) is 6.54 Å². The molecular weight excluding hydrogens is 162 g/mol. The van der Waals surface area contributed by atoms with E-state index in [1.165, 1.54) is 0 Å². The first-order valence-corrected chi connectivity index (χ1v) is 4.68. The van der Waals surface area contributed by atoms with Crippen LogP contribution in [0.1, 0.15) is 37.0 Å². The first-order valence-electron chi connectivity index (χ1n) is 4.68. The number of aromatic nitrogens is 2. The molecule has 0 radical (unpaired) electrons. The highest BCUT2D eigenvalue weighted by Crippen LogP contribution is 2.10. The van der Waals surface area contributed by atoms with Gasteiger partial charge in [0.1, 0.15) is 5.82 Å². The van der Waals surface area contributed by atoms with Gasteiger partial charge in [-0.2, -0.15) is 0 Å². The van der Waals surface area contributed by atoms with E-state index in [0.717, 1.165) is 23.6 Å². The Kier molecular flexibility index (Phi) is 3.37. The average molecular weight is 179 g/mol. The molecule has 0 spiro atoms. The third-order valence-corrected chi connectivity index (χ3v) is 1.84. The fourth-order valence-electron chi connectivity index (χ4n) is 1.19. The molecule has 3 nitrogen and oxygen atoms in total. The Labute approximate surface area is 79.4 Å². The van der Waals surface area contributed by atoms with E-state index in [1.807, 2.05) is 13.0 Å². The van der Waals surface area contributed by atoms with Crippen LogP contribution >= 0.6 is 0 Å². The van der Waals surface area contributed by atoms with Crippen LogP contribution in [-0.4, -0.2) is 16.5 Å². The van der Waals surface area contributed by atoms with Gasteiger partial charge in [0.05, 0.1) is 0 Å². The van der Waals surface area contributed by atoms with Crippen molar-refractivity contribution in [3.63, 3.8) is 0 Å². The monoisotopic (exact) mass is 179 g/mol. The summed E-state index contributed by atoms with van der Waals surface area (Å²) in [5, 5.41) is 0. The van der Waals surface area contributed by atoms with Gasteiger partial charge in [0.25, 0.3) is 0 Å². The van der Waals surface area contributed by atoms with E-state index in [4.69, 9.17) is 5.73 Å². The molecule has 72 valence electrons. The van der Waals surface area contributed by atoms with E-state index < -0.39 is 0 Å². The molecule has 0 unspecified atom stereocenters. The highest BCUT2D eigenvalue weighted by Gasteiger charge is 2.05. The minimum absolute atomic E-state index is 0.386. The molecule has 0 aliphatic carbocycles. The Hall–Kier alpha value is -0.960. The first kappa shape index (κ1) is 10.1. The summed E-state index contributed by atoms with van der Waals surface area (Å²) >= 11 is 0. The lowest BCUT2D eigenvalue weighted by Gasteiger charge is -2.07. The summed E-state index contributed by atoms with van der Waals surface area (Å²) in [6.07, 6.45) is 0.836. The van der Waals surface area contributed by atoms with E-state index in [9.17, 15) is 0 Å². The Balaban J connectivity index is 2.96. The molecule has 0 aliphatic rings. The molecule has 0 bridgehead atoms. The fraction of sp³-hybridized carbons (Fsp3) is 0.600. The molecule has 1 rings (SSSR count). The Morgan fingerprint density at radius 1 is 1.38 bits per heavy atom. The predicted molar refractivity (Wildman–Crippen MR) is 53.6 cm³/mol. The molecule has 1 heterocycles.